The van der Waals surface area contributed by atoms with Crippen molar-refractivity contribution < 1.29 is 4.39 Å². The largest absolute Gasteiger partial charge is 0.207 e. The van der Waals surface area contributed by atoms with Crippen molar-refractivity contribution in [3.63, 3.8) is 0 Å². The van der Waals surface area contributed by atoms with E-state index < -0.39 is 0 Å². The molecule has 0 radical (unpaired) electrons. The topological polar surface area (TPSA) is 0 Å². The van der Waals surface area contributed by atoms with Gasteiger partial charge in [0.05, 0.1) is 0 Å². The minimum absolute atomic E-state index is 0.308. The lowest BCUT2D eigenvalue weighted by molar-refractivity contribution is 0.666. The average Bonchev–Trinajstić information content (AvgIpc) is 1.68. The van der Waals surface area contributed by atoms with Gasteiger partial charge in [-0.1, -0.05) is 22.5 Å². The molecule has 0 rings (SSSR count). The molecule has 0 aromatic heterocycles. The summed E-state index contributed by atoms with van der Waals surface area (Å²) in [5.74, 6) is -0.308. The maximum absolute atomic E-state index is 12.1. The molecule has 0 fully saturated rings. The zero-order valence-corrected chi connectivity index (χ0v) is 5.91. The van der Waals surface area contributed by atoms with Crippen LogP contribution in [0.2, 0.25) is 0 Å². The molecule has 0 heterocycles. The van der Waals surface area contributed by atoms with E-state index in [0.717, 1.165) is 0 Å². The number of hydrogen-bond acceptors (Lipinski definition) is 0. The summed E-state index contributed by atoms with van der Waals surface area (Å²) in [6.45, 7) is 3.21. The van der Waals surface area contributed by atoms with Gasteiger partial charge < -0.3 is 0 Å². The van der Waals surface area contributed by atoms with Crippen LogP contribution in [0.4, 0.5) is 4.39 Å². The highest BCUT2D eigenvalue weighted by atomic mass is 79.9. The molecular weight excluding hydrogens is 171 g/mol. The van der Waals surface area contributed by atoms with Crippen molar-refractivity contribution in [3.8, 4) is 0 Å². The van der Waals surface area contributed by atoms with Crippen LogP contribution < -0.4 is 0 Å². The first-order valence-electron chi connectivity index (χ1n) is 2.08. The molecule has 0 unspecified atom stereocenters. The molecule has 0 aromatic carbocycles. The van der Waals surface area contributed by atoms with E-state index in [1.165, 1.54) is 12.2 Å². The molecule has 0 aliphatic rings. The maximum atomic E-state index is 12.1. The zero-order valence-electron chi connectivity index (χ0n) is 4.32. The fourth-order valence-corrected chi connectivity index (χ4v) is 0.539. The highest BCUT2D eigenvalue weighted by molar-refractivity contribution is 9.09. The van der Waals surface area contributed by atoms with E-state index in [-0.39, 0.29) is 5.83 Å². The van der Waals surface area contributed by atoms with Gasteiger partial charge >= 0.3 is 0 Å². The van der Waals surface area contributed by atoms with E-state index in [4.69, 9.17) is 0 Å². The molecule has 0 bridgehead atoms. The molecule has 0 nitrogen and oxygen atoms in total. The molecule has 0 atom stereocenters. The Bertz CT molecular complexity index is 131. The third kappa shape index (κ3) is 3.85. The molecule has 44 valence electrons. The van der Waals surface area contributed by atoms with Gasteiger partial charge in [0.1, 0.15) is 5.83 Å². The van der Waals surface area contributed by atoms with Crippen LogP contribution in [-0.2, 0) is 0 Å². The molecule has 8 heavy (non-hydrogen) atoms. The Hall–Kier alpha value is -0.330. The Kier molecular flexibility index (Phi) is 4.62. The quantitative estimate of drug-likeness (QED) is 0.345. The lowest BCUT2D eigenvalue weighted by Crippen LogP contribution is -1.63. The van der Waals surface area contributed by atoms with Gasteiger partial charge in [0.15, 0.2) is 0 Å². The first-order valence-corrected chi connectivity index (χ1v) is 3.21. The predicted molar refractivity (Wildman–Crippen MR) is 36.7 cm³/mol. The van der Waals surface area contributed by atoms with Gasteiger partial charge in [0.25, 0.3) is 0 Å². The molecule has 0 saturated heterocycles. The van der Waals surface area contributed by atoms with E-state index in [0.29, 0.717) is 5.33 Å². The second kappa shape index (κ2) is 4.82. The van der Waals surface area contributed by atoms with Crippen LogP contribution in [0.15, 0.2) is 30.3 Å². The van der Waals surface area contributed by atoms with E-state index in [9.17, 15) is 4.39 Å². The normalized spacial score (nSPS) is 10.5. The number of allylic oxidation sites excluding steroid dienone is 3. The van der Waals surface area contributed by atoms with Crippen molar-refractivity contribution in [2.45, 2.75) is 0 Å². The van der Waals surface area contributed by atoms with Crippen LogP contribution >= 0.6 is 15.9 Å². The van der Waals surface area contributed by atoms with Crippen molar-refractivity contribution >= 4 is 15.9 Å². The van der Waals surface area contributed by atoms with Gasteiger partial charge in [-0.3, -0.25) is 0 Å². The lowest BCUT2D eigenvalue weighted by Gasteiger charge is -1.77. The van der Waals surface area contributed by atoms with Crippen molar-refractivity contribution in [1.29, 1.82) is 0 Å². The Labute approximate surface area is 56.5 Å². The third-order valence-corrected chi connectivity index (χ3v) is 0.836. The molecule has 0 saturated carbocycles. The molecule has 2 heteroatoms. The van der Waals surface area contributed by atoms with Crippen LogP contribution in [-0.4, -0.2) is 5.33 Å². The van der Waals surface area contributed by atoms with Crippen molar-refractivity contribution in [3.05, 3.63) is 30.3 Å². The summed E-state index contributed by atoms with van der Waals surface area (Å²) in [7, 11) is 0. The monoisotopic (exact) mass is 176 g/mol. The fraction of sp³-hybridized carbons (Fsp3) is 0.167. The summed E-state index contributed by atoms with van der Waals surface area (Å²) >= 11 is 3.04. The smallest absolute Gasteiger partial charge is 0.127 e. The Balaban J connectivity index is 3.79. The number of alkyl halides is 1. The second-order valence-electron chi connectivity index (χ2n) is 1.09. The zero-order chi connectivity index (χ0) is 6.41. The van der Waals surface area contributed by atoms with Crippen molar-refractivity contribution in [2.24, 2.45) is 0 Å². The number of hydrogen-bond donors (Lipinski definition) is 0. The van der Waals surface area contributed by atoms with Gasteiger partial charge in [-0.2, -0.15) is 0 Å². The summed E-state index contributed by atoms with van der Waals surface area (Å²) in [5.41, 5.74) is 2.31. The summed E-state index contributed by atoms with van der Waals surface area (Å²) in [6, 6.07) is 0. The van der Waals surface area contributed by atoms with Gasteiger partial charge in [0.2, 0.25) is 0 Å². The van der Waals surface area contributed by atoms with Gasteiger partial charge in [-0.25, -0.2) is 4.39 Å². The third-order valence-electron chi connectivity index (χ3n) is 0.512. The minimum atomic E-state index is -0.308. The van der Waals surface area contributed by atoms with Crippen molar-refractivity contribution in [1.82, 2.24) is 0 Å². The number of rotatable bonds is 2. The molecule has 0 aromatic rings. The van der Waals surface area contributed by atoms with Crippen LogP contribution in [0, 0.1) is 0 Å². The average molecular weight is 177 g/mol. The number of halogens is 2. The van der Waals surface area contributed by atoms with E-state index in [1.807, 2.05) is 0 Å². The summed E-state index contributed by atoms with van der Waals surface area (Å²) in [5, 5.41) is 0.525. The predicted octanol–water partition coefficient (Wildman–Crippen LogP) is 2.58. The second-order valence-corrected chi connectivity index (χ2v) is 1.74. The Morgan fingerprint density at radius 3 is 2.88 bits per heavy atom. The minimum Gasteiger partial charge on any atom is -0.207 e. The van der Waals surface area contributed by atoms with Crippen molar-refractivity contribution in [2.75, 3.05) is 5.33 Å². The molecule has 0 spiro atoms. The van der Waals surface area contributed by atoms with Gasteiger partial charge in [-0.05, 0) is 6.08 Å². The van der Waals surface area contributed by atoms with E-state index in [1.54, 1.807) is 0 Å². The molecule has 0 aliphatic heterocycles. The van der Waals surface area contributed by atoms with Crippen LogP contribution in [0.1, 0.15) is 0 Å². The molecule has 0 amide bonds. The maximum Gasteiger partial charge on any atom is 0.127 e. The molecule has 0 aliphatic carbocycles. The standard InChI is InChI=1S/C6H6BrF/c1-2-3-6(8)4-5-7/h3-4H,1,5H2. The van der Waals surface area contributed by atoms with Crippen LogP contribution in [0.25, 0.3) is 0 Å². The highest BCUT2D eigenvalue weighted by Crippen LogP contribution is 1.97. The van der Waals surface area contributed by atoms with Crippen LogP contribution in [0.5, 0.6) is 0 Å². The lowest BCUT2D eigenvalue weighted by atomic mass is 10.5. The van der Waals surface area contributed by atoms with Gasteiger partial charge in [-0.15, -0.1) is 5.73 Å². The summed E-state index contributed by atoms with van der Waals surface area (Å²) in [4.78, 5) is 0. The molecular formula is C6H6BrF. The first kappa shape index (κ1) is 7.67. The summed E-state index contributed by atoms with van der Waals surface area (Å²) in [6.07, 6.45) is 2.57. The van der Waals surface area contributed by atoms with Gasteiger partial charge in [0, 0.05) is 11.4 Å². The fourth-order valence-electron chi connectivity index (χ4n) is 0.230. The van der Waals surface area contributed by atoms with E-state index in [2.05, 4.69) is 28.2 Å². The Morgan fingerprint density at radius 2 is 2.50 bits per heavy atom. The Morgan fingerprint density at radius 1 is 1.88 bits per heavy atom. The first-order chi connectivity index (χ1) is 3.81. The van der Waals surface area contributed by atoms with E-state index >= 15 is 0 Å². The highest BCUT2D eigenvalue weighted by Gasteiger charge is 1.80. The van der Waals surface area contributed by atoms with Crippen LogP contribution in [0.3, 0.4) is 0 Å². The SMILES string of the molecule is C=C=CC(F)=CCBr. The molecule has 0 N–H and O–H groups in total. The summed E-state index contributed by atoms with van der Waals surface area (Å²) < 4.78 is 12.1.